The predicted octanol–water partition coefficient (Wildman–Crippen LogP) is 5.99. The zero-order valence-corrected chi connectivity index (χ0v) is 14.4. The zero-order chi connectivity index (χ0) is 17.7. The van der Waals surface area contributed by atoms with Crippen LogP contribution in [-0.2, 0) is 16.5 Å². The summed E-state index contributed by atoms with van der Waals surface area (Å²) in [5.41, 5.74) is 0.745. The first-order valence-electron chi connectivity index (χ1n) is 7.10. The van der Waals surface area contributed by atoms with Crippen LogP contribution in [0.15, 0.2) is 36.4 Å². The molecule has 0 spiro atoms. The Kier molecular flexibility index (Phi) is 4.00. The highest BCUT2D eigenvalue weighted by atomic mass is 35.5. The highest BCUT2D eigenvalue weighted by Gasteiger charge is 2.35. The molecular formula is C17H13ClF3NOS. The van der Waals surface area contributed by atoms with Crippen molar-refractivity contribution in [3.05, 3.63) is 52.5 Å². The van der Waals surface area contributed by atoms with Gasteiger partial charge in [0, 0.05) is 11.1 Å². The zero-order valence-electron chi connectivity index (χ0n) is 12.8. The third-order valence-corrected chi connectivity index (χ3v) is 4.41. The predicted molar refractivity (Wildman–Crippen MR) is 92.2 cm³/mol. The van der Waals surface area contributed by atoms with E-state index in [9.17, 15) is 13.2 Å². The van der Waals surface area contributed by atoms with E-state index >= 15 is 0 Å². The second-order valence-electron chi connectivity index (χ2n) is 5.95. The number of benzene rings is 2. The Hall–Kier alpha value is -1.79. The number of nitrogens with one attached hydrogen (secondary N) is 1. The Morgan fingerprint density at radius 2 is 1.88 bits per heavy atom. The molecule has 7 heteroatoms. The second-order valence-corrected chi connectivity index (χ2v) is 6.70. The molecule has 0 unspecified atom stereocenters. The van der Waals surface area contributed by atoms with E-state index in [2.05, 4.69) is 5.32 Å². The van der Waals surface area contributed by atoms with Gasteiger partial charge >= 0.3 is 6.18 Å². The monoisotopic (exact) mass is 371 g/mol. The number of ether oxygens (including phenoxy) is 1. The summed E-state index contributed by atoms with van der Waals surface area (Å²) in [7, 11) is 0. The lowest BCUT2D eigenvalue weighted by Gasteiger charge is -2.35. The van der Waals surface area contributed by atoms with Gasteiger partial charge in [0.05, 0.1) is 16.3 Å². The molecule has 3 rings (SSSR count). The Balaban J connectivity index is 2.17. The van der Waals surface area contributed by atoms with E-state index in [-0.39, 0.29) is 5.17 Å². The lowest BCUT2D eigenvalue weighted by Crippen LogP contribution is -2.35. The van der Waals surface area contributed by atoms with Crippen molar-refractivity contribution < 1.29 is 17.9 Å². The molecular weight excluding hydrogens is 359 g/mol. The summed E-state index contributed by atoms with van der Waals surface area (Å²) < 4.78 is 44.4. The Bertz CT molecular complexity index is 833. The van der Waals surface area contributed by atoms with Crippen molar-refractivity contribution in [3.8, 4) is 11.1 Å². The van der Waals surface area contributed by atoms with E-state index in [0.29, 0.717) is 27.4 Å². The fraction of sp³-hybridized carbons (Fsp3) is 0.235. The SMILES string of the molecule is CC1(C)OC(=S)Nc2ccc(-c3cccc(C(F)(F)F)c3)c(Cl)c21. The fourth-order valence-electron chi connectivity index (χ4n) is 2.77. The van der Waals surface area contributed by atoms with E-state index < -0.39 is 17.3 Å². The quantitative estimate of drug-likeness (QED) is 0.622. The first-order valence-corrected chi connectivity index (χ1v) is 7.89. The standard InChI is InChI=1S/C17H13ClF3NOS/c1-16(2)13-12(22-15(24)23-16)7-6-11(14(13)18)9-4-3-5-10(8-9)17(19,20)21/h3-8H,1-2H3,(H,22,24). The first-order chi connectivity index (χ1) is 11.1. The summed E-state index contributed by atoms with van der Waals surface area (Å²) in [6, 6.07) is 8.49. The lowest BCUT2D eigenvalue weighted by atomic mass is 9.90. The minimum Gasteiger partial charge on any atom is -0.460 e. The van der Waals surface area contributed by atoms with Gasteiger partial charge in [-0.15, -0.1) is 0 Å². The third-order valence-electron chi connectivity index (χ3n) is 3.83. The average Bonchev–Trinajstić information content (AvgIpc) is 2.45. The van der Waals surface area contributed by atoms with Crippen LogP contribution in [0.25, 0.3) is 11.1 Å². The molecule has 24 heavy (non-hydrogen) atoms. The molecule has 126 valence electrons. The Morgan fingerprint density at radius 1 is 1.17 bits per heavy atom. The molecule has 2 aromatic rings. The van der Waals surface area contributed by atoms with Crippen molar-refractivity contribution in [2.45, 2.75) is 25.6 Å². The van der Waals surface area contributed by atoms with Crippen LogP contribution in [0.3, 0.4) is 0 Å². The molecule has 0 fully saturated rings. The van der Waals surface area contributed by atoms with Crippen LogP contribution in [0, 0.1) is 0 Å². The van der Waals surface area contributed by atoms with Crippen LogP contribution < -0.4 is 5.32 Å². The van der Waals surface area contributed by atoms with Gasteiger partial charge in [-0.1, -0.05) is 29.8 Å². The van der Waals surface area contributed by atoms with Crippen molar-refractivity contribution >= 4 is 34.7 Å². The van der Waals surface area contributed by atoms with Gasteiger partial charge in [-0.05, 0) is 49.8 Å². The average molecular weight is 372 g/mol. The van der Waals surface area contributed by atoms with Crippen LogP contribution >= 0.6 is 23.8 Å². The van der Waals surface area contributed by atoms with E-state index in [1.807, 2.05) is 0 Å². The highest BCUT2D eigenvalue weighted by Crippen LogP contribution is 2.45. The summed E-state index contributed by atoms with van der Waals surface area (Å²) in [4.78, 5) is 0. The summed E-state index contributed by atoms with van der Waals surface area (Å²) in [5, 5.41) is 3.49. The second kappa shape index (κ2) is 5.63. The van der Waals surface area contributed by atoms with Gasteiger partial charge in [0.2, 0.25) is 0 Å². The number of alkyl halides is 3. The summed E-state index contributed by atoms with van der Waals surface area (Å²) in [6.07, 6.45) is -4.41. The molecule has 0 atom stereocenters. The first kappa shape index (κ1) is 17.0. The van der Waals surface area contributed by atoms with Crippen molar-refractivity contribution in [2.24, 2.45) is 0 Å². The smallest absolute Gasteiger partial charge is 0.416 e. The van der Waals surface area contributed by atoms with Gasteiger partial charge in [-0.3, -0.25) is 0 Å². The van der Waals surface area contributed by atoms with Crippen LogP contribution in [0.1, 0.15) is 25.0 Å². The molecule has 1 aliphatic rings. The number of anilines is 1. The molecule has 2 nitrogen and oxygen atoms in total. The topological polar surface area (TPSA) is 21.3 Å². The van der Waals surface area contributed by atoms with Gasteiger partial charge in [0.25, 0.3) is 5.17 Å². The molecule has 0 saturated carbocycles. The molecule has 0 aliphatic carbocycles. The van der Waals surface area contributed by atoms with Gasteiger partial charge in [-0.25, -0.2) is 0 Å². The number of thiocarbonyl (C=S) groups is 1. The van der Waals surface area contributed by atoms with Crippen molar-refractivity contribution in [1.29, 1.82) is 0 Å². The van der Waals surface area contributed by atoms with Crippen molar-refractivity contribution in [1.82, 2.24) is 0 Å². The third kappa shape index (κ3) is 2.96. The van der Waals surface area contributed by atoms with Gasteiger partial charge in [-0.2, -0.15) is 13.2 Å². The highest BCUT2D eigenvalue weighted by molar-refractivity contribution is 7.80. The number of hydrogen-bond donors (Lipinski definition) is 1. The van der Waals surface area contributed by atoms with Gasteiger partial charge in [0.15, 0.2) is 0 Å². The molecule has 0 radical (unpaired) electrons. The maximum atomic E-state index is 12.9. The molecule has 1 heterocycles. The van der Waals surface area contributed by atoms with Gasteiger partial charge in [0.1, 0.15) is 5.60 Å². The molecule has 0 aromatic heterocycles. The van der Waals surface area contributed by atoms with E-state index in [1.165, 1.54) is 6.07 Å². The summed E-state index contributed by atoms with van der Waals surface area (Å²) in [6.45, 7) is 3.61. The van der Waals surface area contributed by atoms with Crippen LogP contribution in [0.5, 0.6) is 0 Å². The number of rotatable bonds is 1. The minimum atomic E-state index is -4.41. The summed E-state index contributed by atoms with van der Waals surface area (Å²) >= 11 is 11.6. The van der Waals surface area contributed by atoms with Crippen LogP contribution in [-0.4, -0.2) is 5.17 Å². The number of hydrogen-bond acceptors (Lipinski definition) is 2. The molecule has 1 aliphatic heterocycles. The normalized spacial score (nSPS) is 16.2. The van der Waals surface area contributed by atoms with Crippen LogP contribution in [0.2, 0.25) is 5.02 Å². The minimum absolute atomic E-state index is 0.232. The number of fused-ring (bicyclic) bond motifs is 1. The molecule has 0 amide bonds. The Morgan fingerprint density at radius 3 is 2.54 bits per heavy atom. The van der Waals surface area contributed by atoms with E-state index in [4.69, 9.17) is 28.6 Å². The van der Waals surface area contributed by atoms with E-state index in [1.54, 1.807) is 32.0 Å². The molecule has 0 saturated heterocycles. The number of halogens is 4. The summed E-state index contributed by atoms with van der Waals surface area (Å²) in [5.74, 6) is 0. The van der Waals surface area contributed by atoms with Crippen molar-refractivity contribution in [2.75, 3.05) is 5.32 Å². The van der Waals surface area contributed by atoms with E-state index in [0.717, 1.165) is 12.1 Å². The largest absolute Gasteiger partial charge is 0.460 e. The Labute approximate surface area is 147 Å². The van der Waals surface area contributed by atoms with Gasteiger partial charge < -0.3 is 10.1 Å². The molecule has 0 bridgehead atoms. The maximum Gasteiger partial charge on any atom is 0.416 e. The lowest BCUT2D eigenvalue weighted by molar-refractivity contribution is -0.137. The maximum absolute atomic E-state index is 12.9. The fourth-order valence-corrected chi connectivity index (χ4v) is 3.59. The van der Waals surface area contributed by atoms with Crippen LogP contribution in [0.4, 0.5) is 18.9 Å². The molecule has 2 aromatic carbocycles. The molecule has 1 N–H and O–H groups in total. The van der Waals surface area contributed by atoms with Crippen molar-refractivity contribution in [3.63, 3.8) is 0 Å².